The predicted molar refractivity (Wildman–Crippen MR) is 115 cm³/mol. The molecule has 4 heterocycles. The number of hydrogen-bond donors (Lipinski definition) is 1. The van der Waals surface area contributed by atoms with E-state index in [4.69, 9.17) is 18.9 Å². The molecule has 1 unspecified atom stereocenters. The number of aromatic nitrogens is 2. The molecule has 166 valence electrons. The topological polar surface area (TPSA) is 109 Å². The van der Waals surface area contributed by atoms with E-state index in [1.165, 1.54) is 23.6 Å². The smallest absolute Gasteiger partial charge is 0.341 e. The Kier molecular flexibility index (Phi) is 5.32. The number of carbonyl (C=O) groups is 1. The molecule has 0 fully saturated rings. The number of hydrogen-bond acceptors (Lipinski definition) is 8. The third-order valence-corrected chi connectivity index (χ3v) is 6.18. The van der Waals surface area contributed by atoms with Crippen LogP contribution in [0.5, 0.6) is 17.2 Å². The summed E-state index contributed by atoms with van der Waals surface area (Å²) in [6.45, 7) is 1.52. The van der Waals surface area contributed by atoms with Gasteiger partial charge in [0.1, 0.15) is 11.3 Å². The third kappa shape index (κ3) is 3.41. The van der Waals surface area contributed by atoms with Crippen molar-refractivity contribution in [2.45, 2.75) is 19.1 Å². The van der Waals surface area contributed by atoms with Crippen LogP contribution in [0.15, 0.2) is 34.7 Å². The van der Waals surface area contributed by atoms with Crippen molar-refractivity contribution in [3.05, 3.63) is 56.3 Å². The van der Waals surface area contributed by atoms with Gasteiger partial charge in [0.2, 0.25) is 6.23 Å². The van der Waals surface area contributed by atoms with Crippen molar-refractivity contribution >= 4 is 17.3 Å². The molecular weight excluding hydrogens is 436 g/mol. The maximum Gasteiger partial charge on any atom is 0.341 e. The molecule has 2 aromatic heterocycles. The van der Waals surface area contributed by atoms with Gasteiger partial charge in [-0.1, -0.05) is 0 Å². The number of pyridine rings is 1. The summed E-state index contributed by atoms with van der Waals surface area (Å²) in [5, 5.41) is 11.9. The zero-order valence-corrected chi connectivity index (χ0v) is 18.0. The van der Waals surface area contributed by atoms with E-state index >= 15 is 0 Å². The van der Waals surface area contributed by atoms with Crippen LogP contribution < -0.4 is 19.6 Å². The Balaban J connectivity index is 1.68. The molecule has 0 saturated carbocycles. The van der Waals surface area contributed by atoms with Gasteiger partial charge in [0.05, 0.1) is 18.9 Å². The number of nitrogens with zero attached hydrogens (tertiary/aromatic N) is 2. The van der Waals surface area contributed by atoms with Crippen LogP contribution >= 0.6 is 11.3 Å². The van der Waals surface area contributed by atoms with Crippen LogP contribution in [0.2, 0.25) is 0 Å². The first-order valence-electron chi connectivity index (χ1n) is 10.1. The first-order chi connectivity index (χ1) is 15.6. The second-order valence-electron chi connectivity index (χ2n) is 7.34. The Bertz CT molecular complexity index is 1240. The zero-order chi connectivity index (χ0) is 22.2. The number of ether oxygens (including phenoxy) is 4. The molecule has 32 heavy (non-hydrogen) atoms. The van der Waals surface area contributed by atoms with Gasteiger partial charge in [0.15, 0.2) is 21.9 Å². The second kappa shape index (κ2) is 8.29. The molecule has 0 bridgehead atoms. The van der Waals surface area contributed by atoms with Crippen molar-refractivity contribution in [1.82, 2.24) is 9.55 Å². The van der Waals surface area contributed by atoms with E-state index in [9.17, 15) is 14.7 Å². The van der Waals surface area contributed by atoms with Gasteiger partial charge in [-0.2, -0.15) is 0 Å². The quantitative estimate of drug-likeness (QED) is 0.541. The molecule has 1 atom stereocenters. The molecule has 0 amide bonds. The van der Waals surface area contributed by atoms with Crippen LogP contribution in [-0.2, 0) is 11.2 Å². The molecule has 2 aliphatic heterocycles. The number of methoxy groups -OCH3 is 1. The molecule has 0 saturated heterocycles. The Morgan fingerprint density at radius 1 is 1.38 bits per heavy atom. The highest BCUT2D eigenvalue weighted by atomic mass is 32.1. The molecular formula is C22H20N2O7S. The van der Waals surface area contributed by atoms with Crippen LogP contribution in [0.4, 0.5) is 0 Å². The Morgan fingerprint density at radius 3 is 3.00 bits per heavy atom. The van der Waals surface area contributed by atoms with E-state index in [0.29, 0.717) is 59.8 Å². The van der Waals surface area contributed by atoms with Gasteiger partial charge in [-0.25, -0.2) is 9.78 Å². The number of carboxylic acid groups (broad SMARTS) is 1. The molecule has 0 aliphatic carbocycles. The van der Waals surface area contributed by atoms with Crippen molar-refractivity contribution in [3.63, 3.8) is 0 Å². The zero-order valence-electron chi connectivity index (χ0n) is 17.2. The van der Waals surface area contributed by atoms with E-state index < -0.39 is 17.6 Å². The number of thiazole rings is 1. The summed E-state index contributed by atoms with van der Waals surface area (Å²) in [5.74, 6) is 0.447. The summed E-state index contributed by atoms with van der Waals surface area (Å²) in [5.41, 5.74) is 1.26. The molecule has 1 N–H and O–H groups in total. The fourth-order valence-corrected chi connectivity index (χ4v) is 4.65. The summed E-state index contributed by atoms with van der Waals surface area (Å²) in [7, 11) is 1.64. The summed E-state index contributed by atoms with van der Waals surface area (Å²) in [6.07, 6.45) is 3.61. The SMILES string of the molecule is COCCCOc1cc2c(c3c1OCC3)-c1cc(=O)c(C(=O)O)cn1C(c1nccs1)O2. The molecule has 1 aromatic carbocycles. The van der Waals surface area contributed by atoms with Crippen molar-refractivity contribution in [2.75, 3.05) is 26.9 Å². The average molecular weight is 456 g/mol. The van der Waals surface area contributed by atoms with Crippen LogP contribution in [0.25, 0.3) is 11.3 Å². The lowest BCUT2D eigenvalue weighted by Crippen LogP contribution is -2.28. The normalized spacial score (nSPS) is 15.8. The average Bonchev–Trinajstić information content (AvgIpc) is 3.47. The van der Waals surface area contributed by atoms with E-state index in [0.717, 1.165) is 12.0 Å². The summed E-state index contributed by atoms with van der Waals surface area (Å²) in [6, 6.07) is 3.12. The number of carboxylic acids is 1. The number of benzene rings is 1. The minimum Gasteiger partial charge on any atom is -0.489 e. The van der Waals surface area contributed by atoms with E-state index in [1.807, 2.05) is 5.38 Å². The number of aromatic carboxylic acids is 1. The van der Waals surface area contributed by atoms with Gasteiger partial charge in [0.25, 0.3) is 0 Å². The van der Waals surface area contributed by atoms with Gasteiger partial charge >= 0.3 is 5.97 Å². The molecule has 0 spiro atoms. The van der Waals surface area contributed by atoms with Crippen LogP contribution in [0.3, 0.4) is 0 Å². The van der Waals surface area contributed by atoms with Gasteiger partial charge in [-0.05, 0) is 0 Å². The minimum atomic E-state index is -1.29. The lowest BCUT2D eigenvalue weighted by Gasteiger charge is -2.31. The standard InChI is InChI=1S/C22H20N2O7S/c1-28-5-2-6-29-17-10-16-18(12-3-7-30-19(12)17)14-9-15(25)13(22(26)27)11-24(14)21(31-16)20-23-4-8-32-20/h4,8-11,21H,2-3,5-7H2,1H3,(H,26,27). The highest BCUT2D eigenvalue weighted by Gasteiger charge is 2.35. The number of fused-ring (bicyclic) bond motifs is 5. The van der Waals surface area contributed by atoms with E-state index in [-0.39, 0.29) is 5.56 Å². The summed E-state index contributed by atoms with van der Waals surface area (Å²) >= 11 is 1.38. The molecule has 2 aliphatic rings. The van der Waals surface area contributed by atoms with Gasteiger partial charge < -0.3 is 28.6 Å². The Labute approximate surface area is 186 Å². The van der Waals surface area contributed by atoms with Crippen molar-refractivity contribution < 1.29 is 28.8 Å². The molecule has 10 heteroatoms. The van der Waals surface area contributed by atoms with Gasteiger partial charge in [-0.3, -0.25) is 4.79 Å². The highest BCUT2D eigenvalue weighted by molar-refractivity contribution is 7.09. The molecule has 0 radical (unpaired) electrons. The fraction of sp³-hybridized carbons (Fsp3) is 0.318. The Morgan fingerprint density at radius 2 is 2.25 bits per heavy atom. The molecule has 9 nitrogen and oxygen atoms in total. The van der Waals surface area contributed by atoms with E-state index in [2.05, 4.69) is 4.98 Å². The highest BCUT2D eigenvalue weighted by Crippen LogP contribution is 2.51. The van der Waals surface area contributed by atoms with Crippen molar-refractivity contribution in [1.29, 1.82) is 0 Å². The monoisotopic (exact) mass is 456 g/mol. The molecule has 5 rings (SSSR count). The third-order valence-electron chi connectivity index (χ3n) is 5.38. The van der Waals surface area contributed by atoms with Crippen molar-refractivity contribution in [3.8, 4) is 28.5 Å². The molecule has 3 aromatic rings. The van der Waals surface area contributed by atoms with Crippen molar-refractivity contribution in [2.24, 2.45) is 0 Å². The predicted octanol–water partition coefficient (Wildman–Crippen LogP) is 2.96. The largest absolute Gasteiger partial charge is 0.489 e. The lowest BCUT2D eigenvalue weighted by atomic mass is 9.97. The van der Waals surface area contributed by atoms with Crippen LogP contribution in [0.1, 0.15) is 33.6 Å². The fourth-order valence-electron chi connectivity index (χ4n) is 3.99. The van der Waals surface area contributed by atoms with Gasteiger partial charge in [-0.15, -0.1) is 11.3 Å². The lowest BCUT2D eigenvalue weighted by molar-refractivity contribution is 0.0693. The van der Waals surface area contributed by atoms with Gasteiger partial charge in [0, 0.05) is 67.6 Å². The Hall–Kier alpha value is -3.37. The van der Waals surface area contributed by atoms with Crippen LogP contribution in [-0.4, -0.2) is 47.6 Å². The summed E-state index contributed by atoms with van der Waals surface area (Å²) in [4.78, 5) is 28.6. The first kappa shape index (κ1) is 20.5. The second-order valence-corrected chi connectivity index (χ2v) is 8.26. The van der Waals surface area contributed by atoms with E-state index in [1.54, 1.807) is 23.9 Å². The van der Waals surface area contributed by atoms with Crippen LogP contribution in [0, 0.1) is 0 Å². The summed E-state index contributed by atoms with van der Waals surface area (Å²) < 4.78 is 24.9. The maximum atomic E-state index is 12.6. The first-order valence-corrected chi connectivity index (χ1v) is 11.0. The minimum absolute atomic E-state index is 0.326. The number of rotatable bonds is 7. The maximum absolute atomic E-state index is 12.6.